The van der Waals surface area contributed by atoms with Crippen LogP contribution in [0.25, 0.3) is 0 Å². The van der Waals surface area contributed by atoms with E-state index in [1.165, 1.54) is 7.11 Å². The average Bonchev–Trinajstić information content (AvgIpc) is 2.46. The smallest absolute Gasteiger partial charge is 0.337 e. The summed E-state index contributed by atoms with van der Waals surface area (Å²) in [5.74, 6) is -0.344. The number of anilines is 1. The van der Waals surface area contributed by atoms with E-state index in [4.69, 9.17) is 14.6 Å². The van der Waals surface area contributed by atoms with Gasteiger partial charge in [0.05, 0.1) is 32.0 Å². The molecule has 0 aliphatic carbocycles. The van der Waals surface area contributed by atoms with E-state index in [-0.39, 0.29) is 18.7 Å². The monoisotopic (exact) mass is 251 g/mol. The van der Waals surface area contributed by atoms with Crippen LogP contribution in [0.3, 0.4) is 0 Å². The van der Waals surface area contributed by atoms with E-state index < -0.39 is 0 Å². The lowest BCUT2D eigenvalue weighted by molar-refractivity contribution is 0.00356. The van der Waals surface area contributed by atoms with Crippen LogP contribution in [0.15, 0.2) is 24.3 Å². The molecule has 1 aliphatic rings. The molecule has 1 atom stereocenters. The number of carbonyl (C=O) groups excluding carboxylic acids is 1. The molecular formula is C13H17NO4. The molecule has 1 fully saturated rings. The van der Waals surface area contributed by atoms with Crippen molar-refractivity contribution in [1.29, 1.82) is 0 Å². The second kappa shape index (κ2) is 5.84. The molecule has 1 unspecified atom stereocenters. The normalized spacial score (nSPS) is 19.7. The first-order valence-electron chi connectivity index (χ1n) is 5.90. The van der Waals surface area contributed by atoms with Crippen molar-refractivity contribution in [3.05, 3.63) is 29.8 Å². The molecule has 0 spiro atoms. The fourth-order valence-corrected chi connectivity index (χ4v) is 2.01. The minimum atomic E-state index is -0.344. The molecule has 1 N–H and O–H groups in total. The van der Waals surface area contributed by atoms with Crippen LogP contribution in [-0.2, 0) is 9.47 Å². The summed E-state index contributed by atoms with van der Waals surface area (Å²) in [6.07, 6.45) is -0.166. The Labute approximate surface area is 106 Å². The number of benzene rings is 1. The standard InChI is InChI=1S/C13H17NO4/c1-17-13(16)10-3-2-4-11(7-10)14-5-6-18-12(8-14)9-15/h2-4,7,12,15H,5-6,8-9H2,1H3. The van der Waals surface area contributed by atoms with Crippen molar-refractivity contribution in [2.24, 2.45) is 0 Å². The topological polar surface area (TPSA) is 59.0 Å². The van der Waals surface area contributed by atoms with E-state index in [1.807, 2.05) is 12.1 Å². The quantitative estimate of drug-likeness (QED) is 0.800. The predicted molar refractivity (Wildman–Crippen MR) is 66.8 cm³/mol. The molecule has 1 heterocycles. The van der Waals surface area contributed by atoms with Gasteiger partial charge in [0.2, 0.25) is 0 Å². The maximum absolute atomic E-state index is 11.5. The third kappa shape index (κ3) is 2.80. The number of hydrogen-bond donors (Lipinski definition) is 1. The van der Waals surface area contributed by atoms with Crippen LogP contribution in [0, 0.1) is 0 Å². The molecular weight excluding hydrogens is 234 g/mol. The number of carbonyl (C=O) groups is 1. The Morgan fingerprint density at radius 1 is 1.61 bits per heavy atom. The van der Waals surface area contributed by atoms with Crippen LogP contribution < -0.4 is 4.90 Å². The van der Waals surface area contributed by atoms with Gasteiger partial charge in [0.1, 0.15) is 0 Å². The molecule has 1 saturated heterocycles. The van der Waals surface area contributed by atoms with Gasteiger partial charge in [-0.15, -0.1) is 0 Å². The zero-order chi connectivity index (χ0) is 13.0. The number of morpholine rings is 1. The highest BCUT2D eigenvalue weighted by atomic mass is 16.5. The largest absolute Gasteiger partial charge is 0.465 e. The summed E-state index contributed by atoms with van der Waals surface area (Å²) in [6, 6.07) is 7.28. The second-order valence-corrected chi connectivity index (χ2v) is 4.16. The van der Waals surface area contributed by atoms with Gasteiger partial charge in [0.15, 0.2) is 0 Å². The van der Waals surface area contributed by atoms with Crippen molar-refractivity contribution in [1.82, 2.24) is 0 Å². The highest BCUT2D eigenvalue weighted by Gasteiger charge is 2.20. The van der Waals surface area contributed by atoms with Gasteiger partial charge < -0.3 is 19.5 Å². The number of ether oxygens (including phenoxy) is 2. The Morgan fingerprint density at radius 3 is 3.17 bits per heavy atom. The Morgan fingerprint density at radius 2 is 2.44 bits per heavy atom. The fraction of sp³-hybridized carbons (Fsp3) is 0.462. The van der Waals surface area contributed by atoms with Gasteiger partial charge in [-0.3, -0.25) is 0 Å². The molecule has 1 aliphatic heterocycles. The third-order valence-corrected chi connectivity index (χ3v) is 2.97. The second-order valence-electron chi connectivity index (χ2n) is 4.16. The molecule has 0 aromatic heterocycles. The molecule has 1 aromatic carbocycles. The first-order chi connectivity index (χ1) is 8.74. The summed E-state index contributed by atoms with van der Waals surface area (Å²) < 4.78 is 10.1. The zero-order valence-electron chi connectivity index (χ0n) is 10.3. The van der Waals surface area contributed by atoms with Crippen LogP contribution >= 0.6 is 0 Å². The van der Waals surface area contributed by atoms with Crippen LogP contribution in [0.5, 0.6) is 0 Å². The lowest BCUT2D eigenvalue weighted by atomic mass is 10.1. The molecule has 0 saturated carbocycles. The number of aliphatic hydroxyl groups excluding tert-OH is 1. The molecule has 0 bridgehead atoms. The maximum Gasteiger partial charge on any atom is 0.337 e. The van der Waals surface area contributed by atoms with Gasteiger partial charge >= 0.3 is 5.97 Å². The van der Waals surface area contributed by atoms with Crippen molar-refractivity contribution in [2.45, 2.75) is 6.10 Å². The molecule has 5 nitrogen and oxygen atoms in total. The zero-order valence-corrected chi connectivity index (χ0v) is 10.3. The fourth-order valence-electron chi connectivity index (χ4n) is 2.01. The molecule has 0 radical (unpaired) electrons. The highest BCUT2D eigenvalue weighted by molar-refractivity contribution is 5.90. The summed E-state index contributed by atoms with van der Waals surface area (Å²) in [6.45, 7) is 1.96. The van der Waals surface area contributed by atoms with Crippen LogP contribution in [-0.4, -0.2) is 50.6 Å². The number of methoxy groups -OCH3 is 1. The van der Waals surface area contributed by atoms with E-state index in [9.17, 15) is 4.79 Å². The number of hydrogen-bond acceptors (Lipinski definition) is 5. The maximum atomic E-state index is 11.5. The summed E-state index contributed by atoms with van der Waals surface area (Å²) in [4.78, 5) is 13.6. The summed E-state index contributed by atoms with van der Waals surface area (Å²) in [5, 5.41) is 9.11. The summed E-state index contributed by atoms with van der Waals surface area (Å²) >= 11 is 0. The van der Waals surface area contributed by atoms with Gasteiger partial charge in [-0.2, -0.15) is 0 Å². The minimum Gasteiger partial charge on any atom is -0.465 e. The summed E-state index contributed by atoms with van der Waals surface area (Å²) in [7, 11) is 1.37. The van der Waals surface area contributed by atoms with Crippen molar-refractivity contribution in [3.8, 4) is 0 Å². The van der Waals surface area contributed by atoms with E-state index in [1.54, 1.807) is 12.1 Å². The molecule has 0 amide bonds. The van der Waals surface area contributed by atoms with E-state index >= 15 is 0 Å². The van der Waals surface area contributed by atoms with Crippen LogP contribution in [0.4, 0.5) is 5.69 Å². The SMILES string of the molecule is COC(=O)c1cccc(N2CCOC(CO)C2)c1. The molecule has 2 rings (SSSR count). The Kier molecular flexibility index (Phi) is 4.17. The number of nitrogens with zero attached hydrogens (tertiary/aromatic N) is 1. The molecule has 1 aromatic rings. The van der Waals surface area contributed by atoms with Crippen molar-refractivity contribution >= 4 is 11.7 Å². The highest BCUT2D eigenvalue weighted by Crippen LogP contribution is 2.19. The lowest BCUT2D eigenvalue weighted by Gasteiger charge is -2.33. The van der Waals surface area contributed by atoms with Gasteiger partial charge in [0, 0.05) is 18.8 Å². The number of esters is 1. The first-order valence-corrected chi connectivity index (χ1v) is 5.90. The van der Waals surface area contributed by atoms with Crippen LogP contribution in [0.1, 0.15) is 10.4 Å². The Hall–Kier alpha value is -1.59. The first kappa shape index (κ1) is 12.9. The minimum absolute atomic E-state index is 0.00714. The van der Waals surface area contributed by atoms with Crippen molar-refractivity contribution < 1.29 is 19.4 Å². The van der Waals surface area contributed by atoms with Crippen molar-refractivity contribution in [2.75, 3.05) is 38.3 Å². The van der Waals surface area contributed by atoms with Gasteiger partial charge in [-0.05, 0) is 18.2 Å². The summed E-state index contributed by atoms with van der Waals surface area (Å²) in [5.41, 5.74) is 1.47. The van der Waals surface area contributed by atoms with Crippen molar-refractivity contribution in [3.63, 3.8) is 0 Å². The van der Waals surface area contributed by atoms with E-state index in [0.717, 1.165) is 12.2 Å². The average molecular weight is 251 g/mol. The molecule has 18 heavy (non-hydrogen) atoms. The number of rotatable bonds is 3. The molecule has 98 valence electrons. The van der Waals surface area contributed by atoms with Gasteiger partial charge in [-0.25, -0.2) is 4.79 Å². The van der Waals surface area contributed by atoms with E-state index in [2.05, 4.69) is 4.90 Å². The Bertz CT molecular complexity index is 421. The number of aliphatic hydroxyl groups is 1. The van der Waals surface area contributed by atoms with Crippen LogP contribution in [0.2, 0.25) is 0 Å². The van der Waals surface area contributed by atoms with Gasteiger partial charge in [0.25, 0.3) is 0 Å². The molecule has 5 heteroatoms. The third-order valence-electron chi connectivity index (χ3n) is 2.97. The lowest BCUT2D eigenvalue weighted by Crippen LogP contribution is -2.44. The van der Waals surface area contributed by atoms with Gasteiger partial charge in [-0.1, -0.05) is 6.07 Å². The Balaban J connectivity index is 2.15. The predicted octanol–water partition coefficient (Wildman–Crippen LogP) is 0.671. The van der Waals surface area contributed by atoms with E-state index in [0.29, 0.717) is 18.7 Å².